The van der Waals surface area contributed by atoms with E-state index in [4.69, 9.17) is 10.2 Å². The van der Waals surface area contributed by atoms with E-state index < -0.39 is 7.14 Å². The summed E-state index contributed by atoms with van der Waals surface area (Å²) in [7, 11) is -2.40. The van der Waals surface area contributed by atoms with Crippen LogP contribution < -0.4 is 11.0 Å². The monoisotopic (exact) mass is 265 g/mol. The molecule has 0 radical (unpaired) electrons. The van der Waals surface area contributed by atoms with E-state index in [2.05, 4.69) is 9.97 Å². The van der Waals surface area contributed by atoms with Gasteiger partial charge in [0.1, 0.15) is 12.8 Å². The second-order valence-corrected chi connectivity index (χ2v) is 7.48. The number of hydrogen-bond acceptors (Lipinski definition) is 5. The molecule has 0 saturated heterocycles. The van der Waals surface area contributed by atoms with Gasteiger partial charge in [-0.05, 0) is 12.1 Å². The molecule has 5 nitrogen and oxygen atoms in total. The van der Waals surface area contributed by atoms with Gasteiger partial charge in [-0.1, -0.05) is 13.8 Å². The molecule has 2 heterocycles. The number of nitrogens with two attached hydrogens (primary N) is 1. The minimum atomic E-state index is -2.40. The van der Waals surface area contributed by atoms with Crippen LogP contribution in [0.2, 0.25) is 0 Å². The lowest BCUT2D eigenvalue weighted by molar-refractivity contribution is 0.576. The Morgan fingerprint density at radius 2 is 2.06 bits per heavy atom. The lowest BCUT2D eigenvalue weighted by Crippen LogP contribution is -2.10. The first-order valence-corrected chi connectivity index (χ1v) is 7.93. The Balaban J connectivity index is 2.55. The second kappa shape index (κ2) is 4.94. The zero-order valence-corrected chi connectivity index (χ0v) is 11.4. The molecule has 2 aromatic rings. The molecule has 18 heavy (non-hydrogen) atoms. The molecule has 0 saturated carbocycles. The average molecular weight is 265 g/mol. The van der Waals surface area contributed by atoms with Crippen LogP contribution in [0.25, 0.3) is 11.5 Å². The van der Waals surface area contributed by atoms with Gasteiger partial charge in [-0.3, -0.25) is 0 Å². The molecule has 96 valence electrons. The van der Waals surface area contributed by atoms with Gasteiger partial charge in [0.15, 0.2) is 5.76 Å². The van der Waals surface area contributed by atoms with Gasteiger partial charge in [0, 0.05) is 18.5 Å². The maximum absolute atomic E-state index is 12.8. The van der Waals surface area contributed by atoms with Crippen LogP contribution in [-0.4, -0.2) is 22.3 Å². The number of aromatic nitrogens is 2. The molecule has 2 aromatic heterocycles. The minimum absolute atomic E-state index is 0.178. The molecule has 2 N–H and O–H groups in total. The summed E-state index contributed by atoms with van der Waals surface area (Å²) in [6.07, 6.45) is 4.32. The van der Waals surface area contributed by atoms with E-state index in [0.717, 1.165) is 5.30 Å². The minimum Gasteiger partial charge on any atom is -0.462 e. The van der Waals surface area contributed by atoms with Crippen molar-refractivity contribution in [1.82, 2.24) is 9.97 Å². The van der Waals surface area contributed by atoms with Crippen molar-refractivity contribution in [3.8, 4) is 11.5 Å². The molecule has 0 fully saturated rings. The number of hydrogen-bond donors (Lipinski definition) is 1. The summed E-state index contributed by atoms with van der Waals surface area (Å²) < 4.78 is 18.2. The van der Waals surface area contributed by atoms with Crippen LogP contribution in [0.1, 0.15) is 13.8 Å². The van der Waals surface area contributed by atoms with Gasteiger partial charge in [0.2, 0.25) is 5.95 Å². The van der Waals surface area contributed by atoms with Crippen LogP contribution >= 0.6 is 7.14 Å². The first-order chi connectivity index (χ1) is 8.60. The largest absolute Gasteiger partial charge is 0.462 e. The third-order valence-corrected chi connectivity index (χ3v) is 6.29. The molecular formula is C12H16N3O2P. The molecule has 2 rings (SSSR count). The first-order valence-electron chi connectivity index (χ1n) is 5.85. The Morgan fingerprint density at radius 3 is 2.67 bits per heavy atom. The summed E-state index contributed by atoms with van der Waals surface area (Å²) in [6, 6.07) is 3.47. The zero-order valence-electron chi connectivity index (χ0n) is 10.5. The quantitative estimate of drug-likeness (QED) is 0.858. The zero-order chi connectivity index (χ0) is 13.2. The van der Waals surface area contributed by atoms with E-state index in [-0.39, 0.29) is 5.95 Å². The van der Waals surface area contributed by atoms with Crippen molar-refractivity contribution in [1.29, 1.82) is 0 Å². The molecule has 0 unspecified atom stereocenters. The van der Waals surface area contributed by atoms with E-state index in [1.807, 2.05) is 13.8 Å². The average Bonchev–Trinajstić information content (AvgIpc) is 2.87. The fraction of sp³-hybridized carbons (Fsp3) is 0.333. The number of rotatable bonds is 4. The Kier molecular flexibility index (Phi) is 3.53. The highest BCUT2D eigenvalue weighted by Gasteiger charge is 2.26. The van der Waals surface area contributed by atoms with Gasteiger partial charge < -0.3 is 14.7 Å². The van der Waals surface area contributed by atoms with Gasteiger partial charge >= 0.3 is 0 Å². The second-order valence-electron chi connectivity index (χ2n) is 3.96. The molecule has 0 atom stereocenters. The highest BCUT2D eigenvalue weighted by atomic mass is 31.2. The lowest BCUT2D eigenvalue weighted by Gasteiger charge is -2.13. The predicted molar refractivity (Wildman–Crippen MR) is 72.5 cm³/mol. The van der Waals surface area contributed by atoms with E-state index >= 15 is 0 Å². The molecular weight excluding hydrogens is 249 g/mol. The fourth-order valence-electron chi connectivity index (χ4n) is 1.88. The maximum Gasteiger partial charge on any atom is 0.220 e. The number of anilines is 1. The van der Waals surface area contributed by atoms with Crippen molar-refractivity contribution in [2.75, 3.05) is 18.1 Å². The van der Waals surface area contributed by atoms with E-state index in [1.165, 1.54) is 0 Å². The summed E-state index contributed by atoms with van der Waals surface area (Å²) in [5, 5.41) is 0.741. The molecule has 6 heteroatoms. The van der Waals surface area contributed by atoms with Gasteiger partial charge in [0.25, 0.3) is 0 Å². The van der Waals surface area contributed by atoms with Gasteiger partial charge in [-0.15, -0.1) is 0 Å². The Labute approximate surface area is 106 Å². The van der Waals surface area contributed by atoms with Gasteiger partial charge in [0.05, 0.1) is 11.6 Å². The first kappa shape index (κ1) is 12.8. The summed E-state index contributed by atoms with van der Waals surface area (Å²) in [6.45, 7) is 3.85. The number of nitrogen functional groups attached to an aromatic ring is 1. The van der Waals surface area contributed by atoms with Crippen molar-refractivity contribution < 1.29 is 8.98 Å². The van der Waals surface area contributed by atoms with E-state index in [1.54, 1.807) is 24.6 Å². The highest BCUT2D eigenvalue weighted by molar-refractivity contribution is 7.71. The third kappa shape index (κ3) is 2.18. The van der Waals surface area contributed by atoms with Gasteiger partial charge in [-0.2, -0.15) is 0 Å². The Morgan fingerprint density at radius 1 is 1.33 bits per heavy atom. The Bertz CT molecular complexity index is 587. The summed E-state index contributed by atoms with van der Waals surface area (Å²) in [4.78, 5) is 7.95. The molecule has 0 aliphatic carbocycles. The van der Waals surface area contributed by atoms with Crippen molar-refractivity contribution in [2.45, 2.75) is 13.8 Å². The SMILES string of the molecule is CCP(=O)(CC)c1ccoc1-c1ccnc(N)n1. The van der Waals surface area contributed by atoms with Crippen LogP contribution in [-0.2, 0) is 4.57 Å². The molecule has 0 spiro atoms. The maximum atomic E-state index is 12.8. The number of furan rings is 1. The van der Waals surface area contributed by atoms with Crippen LogP contribution in [0.15, 0.2) is 29.0 Å². The van der Waals surface area contributed by atoms with Crippen molar-refractivity contribution in [3.05, 3.63) is 24.6 Å². The number of nitrogens with zero attached hydrogens (tertiary/aromatic N) is 2. The fourth-order valence-corrected chi connectivity index (χ4v) is 3.88. The summed E-state index contributed by atoms with van der Waals surface area (Å²) in [5.41, 5.74) is 6.13. The molecule has 0 aliphatic heterocycles. The molecule has 0 bridgehead atoms. The Hall–Kier alpha value is -1.61. The molecule has 0 aliphatic rings. The predicted octanol–water partition coefficient (Wildman–Crippen LogP) is 2.35. The molecule has 0 aromatic carbocycles. The van der Waals surface area contributed by atoms with Crippen LogP contribution in [0.5, 0.6) is 0 Å². The van der Waals surface area contributed by atoms with Crippen LogP contribution in [0.4, 0.5) is 5.95 Å². The lowest BCUT2D eigenvalue weighted by atomic mass is 10.3. The molecule has 0 amide bonds. The highest BCUT2D eigenvalue weighted by Crippen LogP contribution is 2.46. The standard InChI is InChI=1S/C12H16N3O2P/c1-3-18(16,4-2)10-6-8-17-11(10)9-5-7-14-12(13)15-9/h5-8H,3-4H2,1-2H3,(H2,13,14,15). The van der Waals surface area contributed by atoms with Crippen molar-refractivity contribution >= 4 is 18.4 Å². The van der Waals surface area contributed by atoms with E-state index in [9.17, 15) is 4.57 Å². The summed E-state index contributed by atoms with van der Waals surface area (Å²) >= 11 is 0. The van der Waals surface area contributed by atoms with Crippen molar-refractivity contribution in [2.24, 2.45) is 0 Å². The summed E-state index contributed by atoms with van der Waals surface area (Å²) in [5.74, 6) is 0.716. The normalized spacial score (nSPS) is 11.7. The van der Waals surface area contributed by atoms with E-state index in [0.29, 0.717) is 23.8 Å². The van der Waals surface area contributed by atoms with Crippen LogP contribution in [0, 0.1) is 0 Å². The smallest absolute Gasteiger partial charge is 0.220 e. The van der Waals surface area contributed by atoms with Crippen molar-refractivity contribution in [3.63, 3.8) is 0 Å². The topological polar surface area (TPSA) is 82.0 Å². The van der Waals surface area contributed by atoms with Crippen LogP contribution in [0.3, 0.4) is 0 Å². The third-order valence-electron chi connectivity index (χ3n) is 3.01. The van der Waals surface area contributed by atoms with Gasteiger partial charge in [-0.25, -0.2) is 9.97 Å².